The molecule has 4 aromatic rings. The maximum atomic E-state index is 13.5. The second kappa shape index (κ2) is 14.7. The summed E-state index contributed by atoms with van der Waals surface area (Å²) in [5.74, 6) is 1.90. The Morgan fingerprint density at radius 2 is 1.72 bits per heavy atom. The van der Waals surface area contributed by atoms with Crippen LogP contribution in [0.15, 0.2) is 54.7 Å². The molecule has 1 saturated heterocycles. The number of ether oxygens (including phenoxy) is 2. The van der Waals surface area contributed by atoms with E-state index in [1.54, 1.807) is 6.07 Å². The number of fused-ring (bicyclic) bond motifs is 2. The zero-order valence-corrected chi connectivity index (χ0v) is 31.3. The van der Waals surface area contributed by atoms with Crippen LogP contribution in [-0.4, -0.2) is 59.9 Å². The smallest absolute Gasteiger partial charge is 0.319 e. The highest BCUT2D eigenvalue weighted by Crippen LogP contribution is 2.41. The van der Waals surface area contributed by atoms with Crippen LogP contribution in [0.25, 0.3) is 5.65 Å². The van der Waals surface area contributed by atoms with Crippen LogP contribution in [0.3, 0.4) is 0 Å². The summed E-state index contributed by atoms with van der Waals surface area (Å²) in [5, 5.41) is 15.1. The predicted molar refractivity (Wildman–Crippen MR) is 198 cm³/mol. The highest BCUT2D eigenvalue weighted by atomic mass is 35.5. The minimum absolute atomic E-state index is 0. The molecule has 3 atom stereocenters. The molecule has 2 aliphatic rings. The number of nitrogens with zero attached hydrogens (tertiary/aromatic N) is 4. The van der Waals surface area contributed by atoms with Gasteiger partial charge in [-0.3, -0.25) is 14.0 Å². The van der Waals surface area contributed by atoms with Crippen LogP contribution in [0.1, 0.15) is 101 Å². The van der Waals surface area contributed by atoms with Crippen molar-refractivity contribution in [3.05, 3.63) is 77.2 Å². The molecule has 2 amide bonds. The van der Waals surface area contributed by atoms with Crippen LogP contribution in [0.5, 0.6) is 11.5 Å². The number of carbonyl (C=O) groups excluding carboxylic acids is 1. The maximum Gasteiger partial charge on any atom is 0.319 e. The molecule has 12 nitrogen and oxygen atoms in total. The number of carbonyl (C=O) groups is 1. The Balaban J connectivity index is 0.00000486. The van der Waals surface area contributed by atoms with Gasteiger partial charge in [0.1, 0.15) is 11.9 Å². The number of methoxy groups -OCH3 is 1. The molecular weight excluding hydrogens is 678 g/mol. The van der Waals surface area contributed by atoms with Gasteiger partial charge in [0, 0.05) is 6.04 Å². The second-order valence-electron chi connectivity index (χ2n) is 14.3. The molecule has 2 aromatic heterocycles. The summed E-state index contributed by atoms with van der Waals surface area (Å²) in [4.78, 5) is 16.0. The van der Waals surface area contributed by atoms with Gasteiger partial charge in [-0.25, -0.2) is 13.2 Å². The quantitative estimate of drug-likeness (QED) is 0.165. The third-order valence-electron chi connectivity index (χ3n) is 9.38. The number of hydrogen-bond acceptors (Lipinski definition) is 8. The molecule has 0 radical (unpaired) electrons. The van der Waals surface area contributed by atoms with Gasteiger partial charge in [0.05, 0.1) is 43.0 Å². The van der Waals surface area contributed by atoms with Crippen molar-refractivity contribution in [2.45, 2.75) is 89.9 Å². The van der Waals surface area contributed by atoms with Gasteiger partial charge in [0.15, 0.2) is 17.2 Å². The Morgan fingerprint density at radius 3 is 2.40 bits per heavy atom. The van der Waals surface area contributed by atoms with Gasteiger partial charge < -0.3 is 20.1 Å². The average molecular weight is 726 g/mol. The van der Waals surface area contributed by atoms with E-state index in [1.807, 2.05) is 69.4 Å². The molecule has 6 rings (SSSR count). The summed E-state index contributed by atoms with van der Waals surface area (Å²) in [6.07, 6.45) is 6.39. The molecule has 0 spiro atoms. The highest BCUT2D eigenvalue weighted by Gasteiger charge is 2.33. The van der Waals surface area contributed by atoms with E-state index in [9.17, 15) is 13.2 Å². The Hall–Kier alpha value is -4.07. The first-order valence-electron chi connectivity index (χ1n) is 16.9. The minimum atomic E-state index is -3.60. The molecule has 1 aliphatic carbocycles. The highest BCUT2D eigenvalue weighted by molar-refractivity contribution is 7.92. The molecule has 0 bridgehead atoms. The molecule has 1 fully saturated rings. The van der Waals surface area contributed by atoms with Crippen LogP contribution in [0, 0.1) is 0 Å². The molecule has 3 N–H and O–H groups in total. The van der Waals surface area contributed by atoms with Crippen molar-refractivity contribution in [1.82, 2.24) is 24.8 Å². The molecule has 14 heteroatoms. The largest absolute Gasteiger partial charge is 0.492 e. The first kappa shape index (κ1) is 37.2. The van der Waals surface area contributed by atoms with Crippen molar-refractivity contribution in [2.24, 2.45) is 0 Å². The monoisotopic (exact) mass is 725 g/mol. The van der Waals surface area contributed by atoms with E-state index in [0.717, 1.165) is 59.6 Å². The molecule has 1 aliphatic heterocycles. The number of likely N-dealkylation sites (tertiary alicyclic amines) is 1. The summed E-state index contributed by atoms with van der Waals surface area (Å²) in [7, 11) is -2.16. The first-order valence-corrected chi connectivity index (χ1v) is 18.7. The third kappa shape index (κ3) is 7.95. The Kier molecular flexibility index (Phi) is 10.9. The van der Waals surface area contributed by atoms with E-state index in [2.05, 4.69) is 48.7 Å². The lowest BCUT2D eigenvalue weighted by atomic mass is 9.85. The normalized spacial score (nSPS) is 19.5. The Bertz CT molecular complexity index is 1960. The Morgan fingerprint density at radius 1 is 1.00 bits per heavy atom. The van der Waals surface area contributed by atoms with Gasteiger partial charge >= 0.3 is 6.03 Å². The number of benzene rings is 2. The van der Waals surface area contributed by atoms with Crippen molar-refractivity contribution in [2.75, 3.05) is 29.9 Å². The zero-order valence-electron chi connectivity index (χ0n) is 29.7. The number of amides is 2. The lowest BCUT2D eigenvalue weighted by molar-refractivity contribution is 0.171. The lowest BCUT2D eigenvalue weighted by Gasteiger charge is -2.32. The van der Waals surface area contributed by atoms with Crippen LogP contribution < -0.4 is 24.8 Å². The van der Waals surface area contributed by atoms with Crippen molar-refractivity contribution in [1.29, 1.82) is 0 Å². The standard InChI is InChI=1S/C36H47N7O5S.ClH/c1-22(2)42-18-10-13-30(42)34-40-39-32-17-14-24(21-43(32)34)48-31-16-15-27(25-11-8-9-12-26(25)31)37-35(44)38-28-19-23(36(3,4)5)20-29(33(28)47-6)41-49(7,45)46;/h8-9,11-12,14,17,19-22,27,30-31,41H,10,13,15-16,18H2,1-7H3,(H2,37,38,44);1H/t27-,30?,31+;/m0./s1. The van der Waals surface area contributed by atoms with Gasteiger partial charge in [-0.2, -0.15) is 0 Å². The van der Waals surface area contributed by atoms with E-state index in [0.29, 0.717) is 24.6 Å². The van der Waals surface area contributed by atoms with E-state index >= 15 is 0 Å². The number of urea groups is 1. The van der Waals surface area contributed by atoms with Crippen molar-refractivity contribution in [3.63, 3.8) is 0 Å². The zero-order chi connectivity index (χ0) is 35.1. The summed E-state index contributed by atoms with van der Waals surface area (Å²) >= 11 is 0. The lowest BCUT2D eigenvalue weighted by Crippen LogP contribution is -2.35. The number of rotatable bonds is 9. The molecular formula is C36H48ClN7O5S. The van der Waals surface area contributed by atoms with E-state index in [1.165, 1.54) is 7.11 Å². The molecule has 1 unspecified atom stereocenters. The van der Waals surface area contributed by atoms with Crippen LogP contribution in [-0.2, 0) is 15.4 Å². The van der Waals surface area contributed by atoms with E-state index < -0.39 is 16.1 Å². The topological polar surface area (TPSA) is 139 Å². The number of aromatic nitrogens is 3. The number of sulfonamides is 1. The van der Waals surface area contributed by atoms with Gasteiger partial charge in [-0.1, -0.05) is 45.0 Å². The van der Waals surface area contributed by atoms with Gasteiger partial charge in [-0.15, -0.1) is 22.6 Å². The number of anilines is 2. The van der Waals surface area contributed by atoms with Gasteiger partial charge in [0.25, 0.3) is 0 Å². The summed E-state index contributed by atoms with van der Waals surface area (Å²) in [6, 6.07) is 15.4. The van der Waals surface area contributed by atoms with Crippen LogP contribution in [0.4, 0.5) is 16.2 Å². The first-order chi connectivity index (χ1) is 23.2. The fourth-order valence-corrected chi connectivity index (χ4v) is 7.58. The van der Waals surface area contributed by atoms with Gasteiger partial charge in [0.2, 0.25) is 10.0 Å². The molecule has 270 valence electrons. The van der Waals surface area contributed by atoms with Gasteiger partial charge in [-0.05, 0) is 92.4 Å². The average Bonchev–Trinajstić information content (AvgIpc) is 3.68. The SMILES string of the molecule is COc1c(NC(=O)N[C@H]2CC[C@@H](Oc3ccc4nnc(C5CCCN5C(C)C)n4c3)c3ccccc32)cc(C(C)(C)C)cc1NS(C)(=O)=O.Cl. The van der Waals surface area contributed by atoms with Crippen molar-refractivity contribution < 1.29 is 22.7 Å². The van der Waals surface area contributed by atoms with Crippen molar-refractivity contribution in [3.8, 4) is 11.5 Å². The van der Waals surface area contributed by atoms with Crippen LogP contribution >= 0.6 is 12.4 Å². The maximum absolute atomic E-state index is 13.5. The summed E-state index contributed by atoms with van der Waals surface area (Å²) < 4.78 is 41.1. The fourth-order valence-electron chi connectivity index (χ4n) is 7.02. The summed E-state index contributed by atoms with van der Waals surface area (Å²) in [5.41, 5.74) is 3.91. The van der Waals surface area contributed by atoms with Crippen LogP contribution in [0.2, 0.25) is 0 Å². The van der Waals surface area contributed by atoms with Crippen molar-refractivity contribution >= 4 is 45.5 Å². The number of nitrogens with one attached hydrogen (secondary N) is 3. The number of hydrogen-bond donors (Lipinski definition) is 3. The predicted octanol–water partition coefficient (Wildman–Crippen LogP) is 7.15. The minimum Gasteiger partial charge on any atom is -0.492 e. The molecule has 0 saturated carbocycles. The van der Waals surface area contributed by atoms with E-state index in [4.69, 9.17) is 9.47 Å². The number of halogens is 1. The third-order valence-corrected chi connectivity index (χ3v) is 9.97. The second-order valence-corrected chi connectivity index (χ2v) is 16.1. The Labute approximate surface area is 300 Å². The van der Waals surface area contributed by atoms with E-state index in [-0.39, 0.29) is 47.4 Å². The summed E-state index contributed by atoms with van der Waals surface area (Å²) in [6.45, 7) is 11.5. The molecule has 3 heterocycles. The fraction of sp³-hybridized carbons (Fsp3) is 0.472. The molecule has 2 aromatic carbocycles. The molecule has 50 heavy (non-hydrogen) atoms. The number of pyridine rings is 1.